The van der Waals surface area contributed by atoms with Crippen molar-refractivity contribution in [2.45, 2.75) is 52.8 Å². The fourth-order valence-corrected chi connectivity index (χ4v) is 3.09. The highest BCUT2D eigenvalue weighted by molar-refractivity contribution is 5.98. The van der Waals surface area contributed by atoms with E-state index >= 15 is 0 Å². The van der Waals surface area contributed by atoms with Crippen LogP contribution in [0.2, 0.25) is 0 Å². The van der Waals surface area contributed by atoms with Crippen LogP contribution in [0.4, 0.5) is 0 Å². The zero-order valence-corrected chi connectivity index (χ0v) is 17.1. The van der Waals surface area contributed by atoms with Crippen LogP contribution in [-0.4, -0.2) is 33.3 Å². The van der Waals surface area contributed by atoms with Gasteiger partial charge in [0.25, 0.3) is 0 Å². The Kier molecular flexibility index (Phi) is 9.23. The Morgan fingerprint density at radius 3 is 2.59 bits per heavy atom. The first-order chi connectivity index (χ1) is 12.5. The molecule has 3 N–H and O–H groups in total. The fraction of sp³-hybridized carbons (Fsp3) is 0.429. The van der Waals surface area contributed by atoms with Gasteiger partial charge >= 0.3 is 0 Å². The lowest BCUT2D eigenvalue weighted by molar-refractivity contribution is -0.693. The normalized spacial score (nSPS) is 12.5. The molecule has 146 valence electrons. The van der Waals surface area contributed by atoms with Crippen LogP contribution in [0.5, 0.6) is 0 Å². The molecule has 0 bridgehead atoms. The van der Waals surface area contributed by atoms with Crippen molar-refractivity contribution in [1.29, 1.82) is 0 Å². The second-order valence-electron chi connectivity index (χ2n) is 6.54. The molecule has 1 heterocycles. The Bertz CT molecular complexity index is 806. The van der Waals surface area contributed by atoms with E-state index in [4.69, 9.17) is 0 Å². The number of ketones is 1. The van der Waals surface area contributed by atoms with Crippen molar-refractivity contribution in [2.24, 2.45) is 0 Å². The smallest absolute Gasteiger partial charge is 0.172 e. The molecule has 27 heavy (non-hydrogen) atoms. The number of Topliss-reactive ketones (excluding diaryl/α,β-unsaturated/α-hetero) is 1. The number of aryl methyl sites for hydroxylation is 1. The van der Waals surface area contributed by atoms with Crippen LogP contribution in [0.25, 0.3) is 0 Å². The van der Waals surface area contributed by atoms with Crippen molar-refractivity contribution >= 4 is 5.78 Å². The molecule has 0 spiro atoms. The van der Waals surface area contributed by atoms with Gasteiger partial charge in [0.05, 0.1) is 24.2 Å². The van der Waals surface area contributed by atoms with Crippen molar-refractivity contribution in [1.82, 2.24) is 9.78 Å². The van der Waals surface area contributed by atoms with E-state index in [2.05, 4.69) is 16.9 Å². The molecule has 2 rings (SSSR count). The average Bonchev–Trinajstić information content (AvgIpc) is 2.93. The van der Waals surface area contributed by atoms with Crippen LogP contribution in [0.3, 0.4) is 0 Å². The summed E-state index contributed by atoms with van der Waals surface area (Å²) in [5, 5.41) is 16.8. The summed E-state index contributed by atoms with van der Waals surface area (Å²) < 4.78 is 1.78. The first-order valence-corrected chi connectivity index (χ1v) is 8.98. The number of aliphatic hydroxyl groups is 1. The lowest BCUT2D eigenvalue weighted by atomic mass is 10.0. The predicted octanol–water partition coefficient (Wildman–Crippen LogP) is -1.21. The van der Waals surface area contributed by atoms with Crippen molar-refractivity contribution in [3.63, 3.8) is 0 Å². The molecule has 5 nitrogen and oxygen atoms in total. The molecule has 2 atom stereocenters. The lowest BCUT2D eigenvalue weighted by Gasteiger charge is -2.17. The molecule has 6 heteroatoms. The number of halogens is 1. The number of aliphatic hydroxyl groups excluding tert-OH is 1. The SMILES string of the molecule is CC#CCn1nc(C)c(C(=O)CC[NH2+]C(C)C(O)c2ccccc2)c1C.[Cl-]. The van der Waals surface area contributed by atoms with Gasteiger partial charge in [-0.1, -0.05) is 36.3 Å². The maximum absolute atomic E-state index is 12.6. The summed E-state index contributed by atoms with van der Waals surface area (Å²) in [5.74, 6) is 5.91. The van der Waals surface area contributed by atoms with E-state index in [0.717, 1.165) is 17.0 Å². The fourth-order valence-electron chi connectivity index (χ4n) is 3.09. The zero-order chi connectivity index (χ0) is 19.1. The first-order valence-electron chi connectivity index (χ1n) is 8.98. The summed E-state index contributed by atoms with van der Waals surface area (Å²) in [7, 11) is 0. The van der Waals surface area contributed by atoms with E-state index < -0.39 is 6.10 Å². The standard InChI is InChI=1S/C21H27N3O2.ClH/c1-5-6-14-24-17(4)20(15(2)23-24)19(25)12-13-22-16(3)21(26)18-10-8-7-9-11-18;/h7-11,16,21-22,26H,12-14H2,1-4H3;1H. The Hall–Kier alpha value is -2.13. The Labute approximate surface area is 167 Å². The Balaban J connectivity index is 0.00000364. The minimum atomic E-state index is -0.551. The molecule has 1 aromatic heterocycles. The monoisotopic (exact) mass is 389 g/mol. The summed E-state index contributed by atoms with van der Waals surface area (Å²) in [6.45, 7) is 8.67. The largest absolute Gasteiger partial charge is 1.00 e. The van der Waals surface area contributed by atoms with E-state index in [1.165, 1.54) is 0 Å². The number of hydrogen-bond donors (Lipinski definition) is 2. The lowest BCUT2D eigenvalue weighted by Crippen LogP contribution is -3.00. The third-order valence-corrected chi connectivity index (χ3v) is 4.61. The molecule has 2 unspecified atom stereocenters. The van der Waals surface area contributed by atoms with E-state index in [1.54, 1.807) is 11.6 Å². The number of carbonyl (C=O) groups is 1. The van der Waals surface area contributed by atoms with Crippen molar-refractivity contribution in [2.75, 3.05) is 6.54 Å². The molecular formula is C21H28ClN3O2. The van der Waals surface area contributed by atoms with Crippen LogP contribution in [0.15, 0.2) is 30.3 Å². The van der Waals surface area contributed by atoms with Gasteiger partial charge in [-0.05, 0) is 33.3 Å². The van der Waals surface area contributed by atoms with Gasteiger partial charge in [-0.3, -0.25) is 9.48 Å². The molecule has 1 aromatic carbocycles. The van der Waals surface area contributed by atoms with Gasteiger partial charge in [0, 0.05) is 5.69 Å². The Morgan fingerprint density at radius 1 is 1.30 bits per heavy atom. The quantitative estimate of drug-likeness (QED) is 0.439. The second-order valence-corrected chi connectivity index (χ2v) is 6.54. The number of quaternary nitrogens is 1. The highest BCUT2D eigenvalue weighted by Crippen LogP contribution is 2.16. The summed E-state index contributed by atoms with van der Waals surface area (Å²) in [5.41, 5.74) is 3.22. The molecule has 2 aromatic rings. The highest BCUT2D eigenvalue weighted by atomic mass is 35.5. The van der Waals surface area contributed by atoms with Gasteiger partial charge in [-0.2, -0.15) is 5.10 Å². The Morgan fingerprint density at radius 2 is 1.96 bits per heavy atom. The molecule has 0 amide bonds. The number of rotatable bonds is 8. The minimum absolute atomic E-state index is 0. The summed E-state index contributed by atoms with van der Waals surface area (Å²) >= 11 is 0. The van der Waals surface area contributed by atoms with Gasteiger partial charge in [0.1, 0.15) is 18.7 Å². The van der Waals surface area contributed by atoms with Crippen LogP contribution in [0.1, 0.15) is 53.7 Å². The summed E-state index contributed by atoms with van der Waals surface area (Å²) in [6.07, 6.45) is -0.135. The molecule has 0 saturated carbocycles. The first kappa shape index (κ1) is 22.9. The molecule has 0 aliphatic rings. The molecule has 0 aliphatic heterocycles. The average molecular weight is 390 g/mol. The maximum Gasteiger partial charge on any atom is 0.172 e. The van der Waals surface area contributed by atoms with E-state index in [0.29, 0.717) is 25.1 Å². The van der Waals surface area contributed by atoms with Crippen LogP contribution >= 0.6 is 0 Å². The predicted molar refractivity (Wildman–Crippen MR) is 102 cm³/mol. The summed E-state index contributed by atoms with van der Waals surface area (Å²) in [4.78, 5) is 12.6. The molecule has 0 fully saturated rings. The van der Waals surface area contributed by atoms with E-state index in [1.807, 2.05) is 56.4 Å². The third-order valence-electron chi connectivity index (χ3n) is 4.61. The molecular weight excluding hydrogens is 362 g/mol. The van der Waals surface area contributed by atoms with Crippen molar-refractivity contribution < 1.29 is 27.6 Å². The molecule has 0 radical (unpaired) electrons. The maximum atomic E-state index is 12.6. The van der Waals surface area contributed by atoms with Gasteiger partial charge in [-0.15, -0.1) is 5.92 Å². The highest BCUT2D eigenvalue weighted by Gasteiger charge is 2.21. The van der Waals surface area contributed by atoms with E-state index in [-0.39, 0.29) is 24.2 Å². The number of carbonyl (C=O) groups excluding carboxylic acids is 1. The topological polar surface area (TPSA) is 71.7 Å². The molecule has 0 saturated heterocycles. The van der Waals surface area contributed by atoms with Crippen LogP contribution in [-0.2, 0) is 6.54 Å². The number of nitrogens with two attached hydrogens (primary N) is 1. The number of nitrogens with zero attached hydrogens (tertiary/aromatic N) is 2. The second kappa shape index (κ2) is 10.9. The van der Waals surface area contributed by atoms with Crippen LogP contribution < -0.4 is 17.7 Å². The minimum Gasteiger partial charge on any atom is -1.00 e. The van der Waals surface area contributed by atoms with Gasteiger partial charge in [0.15, 0.2) is 5.78 Å². The van der Waals surface area contributed by atoms with Gasteiger partial charge in [-0.25, -0.2) is 0 Å². The third kappa shape index (κ3) is 5.93. The van der Waals surface area contributed by atoms with Crippen LogP contribution in [0, 0.1) is 25.7 Å². The van der Waals surface area contributed by atoms with Gasteiger partial charge < -0.3 is 22.8 Å². The van der Waals surface area contributed by atoms with Crippen molar-refractivity contribution in [3.05, 3.63) is 52.8 Å². The number of hydrogen-bond acceptors (Lipinski definition) is 3. The molecule has 0 aliphatic carbocycles. The van der Waals surface area contributed by atoms with Crippen molar-refractivity contribution in [3.8, 4) is 11.8 Å². The van der Waals surface area contributed by atoms with Gasteiger partial charge in [0.2, 0.25) is 0 Å². The number of benzene rings is 1. The zero-order valence-electron chi connectivity index (χ0n) is 16.4. The van der Waals surface area contributed by atoms with E-state index in [9.17, 15) is 9.90 Å². The summed E-state index contributed by atoms with van der Waals surface area (Å²) in [6, 6.07) is 9.58. The number of aromatic nitrogens is 2.